The van der Waals surface area contributed by atoms with Gasteiger partial charge in [0.2, 0.25) is 5.91 Å². The van der Waals surface area contributed by atoms with Crippen LogP contribution in [0.1, 0.15) is 44.0 Å². The molecule has 1 aliphatic heterocycles. The highest BCUT2D eigenvalue weighted by Gasteiger charge is 2.33. The number of carbonyl (C=O) groups is 4. The van der Waals surface area contributed by atoms with Crippen LogP contribution in [-0.2, 0) is 19.1 Å². The third kappa shape index (κ3) is 6.30. The SMILES string of the molecule is CNC(=O)c1cccc(NC(=O)COC(=O)C2CCN(C(=O)C(C)(C)C)CC2)c1. The summed E-state index contributed by atoms with van der Waals surface area (Å²) < 4.78 is 5.14. The maximum Gasteiger partial charge on any atom is 0.309 e. The molecule has 1 saturated heterocycles. The lowest BCUT2D eigenvalue weighted by Crippen LogP contribution is -2.45. The molecule has 29 heavy (non-hydrogen) atoms. The predicted molar refractivity (Wildman–Crippen MR) is 108 cm³/mol. The van der Waals surface area contributed by atoms with Crippen molar-refractivity contribution >= 4 is 29.4 Å². The number of esters is 1. The molecule has 3 amide bonds. The predicted octanol–water partition coefficient (Wildman–Crippen LogP) is 1.81. The minimum atomic E-state index is -0.479. The lowest BCUT2D eigenvalue weighted by molar-refractivity contribution is -0.155. The zero-order valence-electron chi connectivity index (χ0n) is 17.4. The summed E-state index contributed by atoms with van der Waals surface area (Å²) in [4.78, 5) is 50.0. The maximum atomic E-state index is 12.3. The molecule has 8 nitrogen and oxygen atoms in total. The first-order valence-corrected chi connectivity index (χ1v) is 9.70. The van der Waals surface area contributed by atoms with Crippen LogP contribution < -0.4 is 10.6 Å². The summed E-state index contributed by atoms with van der Waals surface area (Å²) in [5.74, 6) is -1.41. The Morgan fingerprint density at radius 2 is 1.79 bits per heavy atom. The average Bonchev–Trinajstić information content (AvgIpc) is 2.70. The summed E-state index contributed by atoms with van der Waals surface area (Å²) in [6, 6.07) is 6.47. The van der Waals surface area contributed by atoms with Gasteiger partial charge < -0.3 is 20.3 Å². The van der Waals surface area contributed by atoms with Crippen molar-refractivity contribution in [3.05, 3.63) is 29.8 Å². The van der Waals surface area contributed by atoms with Gasteiger partial charge in [-0.05, 0) is 31.0 Å². The number of carbonyl (C=O) groups excluding carboxylic acids is 4. The Morgan fingerprint density at radius 1 is 1.14 bits per heavy atom. The lowest BCUT2D eigenvalue weighted by atomic mass is 9.91. The minimum Gasteiger partial charge on any atom is -0.455 e. The maximum absolute atomic E-state index is 12.3. The Labute approximate surface area is 171 Å². The zero-order chi connectivity index (χ0) is 21.6. The molecule has 1 aromatic carbocycles. The Bertz CT molecular complexity index is 777. The van der Waals surface area contributed by atoms with Crippen LogP contribution in [0, 0.1) is 11.3 Å². The molecule has 8 heteroatoms. The fourth-order valence-electron chi connectivity index (χ4n) is 3.13. The molecule has 0 aliphatic carbocycles. The first kappa shape index (κ1) is 22.4. The summed E-state index contributed by atoms with van der Waals surface area (Å²) >= 11 is 0. The molecule has 2 rings (SSSR count). The van der Waals surface area contributed by atoms with Crippen LogP contribution in [0.4, 0.5) is 5.69 Å². The number of benzene rings is 1. The first-order chi connectivity index (χ1) is 13.6. The monoisotopic (exact) mass is 403 g/mol. The molecule has 0 bridgehead atoms. The van der Waals surface area contributed by atoms with Crippen LogP contribution in [0.2, 0.25) is 0 Å². The van der Waals surface area contributed by atoms with Gasteiger partial charge in [-0.1, -0.05) is 26.8 Å². The summed E-state index contributed by atoms with van der Waals surface area (Å²) in [6.45, 7) is 6.24. The van der Waals surface area contributed by atoms with Crippen LogP contribution in [-0.4, -0.2) is 55.3 Å². The second-order valence-electron chi connectivity index (χ2n) is 8.13. The molecule has 1 fully saturated rings. The number of nitrogens with one attached hydrogen (secondary N) is 2. The molecule has 158 valence electrons. The third-order valence-electron chi connectivity index (χ3n) is 4.74. The van der Waals surface area contributed by atoms with Crippen molar-refractivity contribution in [2.24, 2.45) is 11.3 Å². The largest absolute Gasteiger partial charge is 0.455 e. The van der Waals surface area contributed by atoms with E-state index in [0.717, 1.165) is 0 Å². The van der Waals surface area contributed by atoms with Crippen molar-refractivity contribution in [1.29, 1.82) is 0 Å². The van der Waals surface area contributed by atoms with Crippen molar-refractivity contribution in [3.63, 3.8) is 0 Å². The molecule has 0 spiro atoms. The molecule has 0 atom stereocenters. The number of likely N-dealkylation sites (tertiary alicyclic amines) is 1. The summed E-state index contributed by atoms with van der Waals surface area (Å²) in [5, 5.41) is 5.12. The van der Waals surface area contributed by atoms with Crippen molar-refractivity contribution in [2.45, 2.75) is 33.6 Å². The van der Waals surface area contributed by atoms with E-state index in [2.05, 4.69) is 10.6 Å². The third-order valence-corrected chi connectivity index (χ3v) is 4.74. The first-order valence-electron chi connectivity index (χ1n) is 9.70. The topological polar surface area (TPSA) is 105 Å². The molecule has 1 heterocycles. The number of hydrogen-bond donors (Lipinski definition) is 2. The fourth-order valence-corrected chi connectivity index (χ4v) is 3.13. The van der Waals surface area contributed by atoms with Gasteiger partial charge in [0.25, 0.3) is 11.8 Å². The highest BCUT2D eigenvalue weighted by molar-refractivity contribution is 5.97. The number of rotatable bonds is 5. The highest BCUT2D eigenvalue weighted by Crippen LogP contribution is 2.24. The van der Waals surface area contributed by atoms with Crippen molar-refractivity contribution in [2.75, 3.05) is 32.1 Å². The molecule has 0 saturated carbocycles. The molecule has 0 radical (unpaired) electrons. The van der Waals surface area contributed by atoms with E-state index in [0.29, 0.717) is 37.2 Å². The normalized spacial score (nSPS) is 14.8. The van der Waals surface area contributed by atoms with Gasteiger partial charge in [0.15, 0.2) is 6.61 Å². The molecule has 1 aliphatic rings. The van der Waals surface area contributed by atoms with E-state index in [4.69, 9.17) is 4.74 Å². The average molecular weight is 403 g/mol. The van der Waals surface area contributed by atoms with Crippen molar-refractivity contribution < 1.29 is 23.9 Å². The van der Waals surface area contributed by atoms with Gasteiger partial charge in [-0.2, -0.15) is 0 Å². The number of nitrogens with zero attached hydrogens (tertiary/aromatic N) is 1. The minimum absolute atomic E-state index is 0.0719. The van der Waals surface area contributed by atoms with Gasteiger partial charge in [-0.25, -0.2) is 0 Å². The Hall–Kier alpha value is -2.90. The van der Waals surface area contributed by atoms with Crippen LogP contribution in [0.25, 0.3) is 0 Å². The van der Waals surface area contributed by atoms with Gasteiger partial charge in [-0.3, -0.25) is 19.2 Å². The van der Waals surface area contributed by atoms with E-state index >= 15 is 0 Å². The Kier molecular flexibility index (Phi) is 7.36. The number of hydrogen-bond acceptors (Lipinski definition) is 5. The summed E-state index contributed by atoms with van der Waals surface area (Å²) in [6.07, 6.45) is 1.05. The lowest BCUT2D eigenvalue weighted by Gasteiger charge is -2.34. The van der Waals surface area contributed by atoms with Gasteiger partial charge in [0.1, 0.15) is 0 Å². The van der Waals surface area contributed by atoms with Crippen LogP contribution in [0.15, 0.2) is 24.3 Å². The number of amides is 3. The Balaban J connectivity index is 1.79. The van der Waals surface area contributed by atoms with E-state index in [1.165, 1.54) is 7.05 Å². The number of anilines is 1. The quantitative estimate of drug-likeness (QED) is 0.730. The zero-order valence-corrected chi connectivity index (χ0v) is 17.4. The fraction of sp³-hybridized carbons (Fsp3) is 0.524. The van der Waals surface area contributed by atoms with E-state index in [1.807, 2.05) is 20.8 Å². The molecule has 0 aromatic heterocycles. The van der Waals surface area contributed by atoms with Gasteiger partial charge >= 0.3 is 5.97 Å². The van der Waals surface area contributed by atoms with E-state index in [-0.39, 0.29) is 17.7 Å². The van der Waals surface area contributed by atoms with Crippen molar-refractivity contribution in [3.8, 4) is 0 Å². The van der Waals surface area contributed by atoms with E-state index in [9.17, 15) is 19.2 Å². The van der Waals surface area contributed by atoms with Crippen molar-refractivity contribution in [1.82, 2.24) is 10.2 Å². The standard InChI is InChI=1S/C21H29N3O5/c1-21(2,3)20(28)24-10-8-14(9-11-24)19(27)29-13-17(25)23-16-7-5-6-15(12-16)18(26)22-4/h5-7,12,14H,8-11,13H2,1-4H3,(H,22,26)(H,23,25). The number of ether oxygens (including phenoxy) is 1. The van der Waals surface area contributed by atoms with Gasteiger partial charge in [0.05, 0.1) is 5.92 Å². The van der Waals surface area contributed by atoms with Crippen LogP contribution >= 0.6 is 0 Å². The van der Waals surface area contributed by atoms with Crippen LogP contribution in [0.3, 0.4) is 0 Å². The summed E-state index contributed by atoms with van der Waals surface area (Å²) in [7, 11) is 1.52. The summed E-state index contributed by atoms with van der Waals surface area (Å²) in [5.41, 5.74) is 0.417. The molecule has 0 unspecified atom stereocenters. The van der Waals surface area contributed by atoms with E-state index in [1.54, 1.807) is 29.2 Å². The second kappa shape index (κ2) is 9.54. The highest BCUT2D eigenvalue weighted by atomic mass is 16.5. The van der Waals surface area contributed by atoms with Crippen LogP contribution in [0.5, 0.6) is 0 Å². The number of piperidine rings is 1. The van der Waals surface area contributed by atoms with Gasteiger partial charge in [0, 0.05) is 36.8 Å². The molecular formula is C21H29N3O5. The molecule has 1 aromatic rings. The molecule has 2 N–H and O–H groups in total. The van der Waals surface area contributed by atoms with Gasteiger partial charge in [-0.15, -0.1) is 0 Å². The van der Waals surface area contributed by atoms with E-state index < -0.39 is 23.9 Å². The smallest absolute Gasteiger partial charge is 0.309 e. The Morgan fingerprint density at radius 3 is 2.38 bits per heavy atom. The second-order valence-corrected chi connectivity index (χ2v) is 8.13. The molecular weight excluding hydrogens is 374 g/mol.